The Morgan fingerprint density at radius 1 is 1.03 bits per heavy atom. The van der Waals surface area contributed by atoms with Gasteiger partial charge in [-0.05, 0) is 48.4 Å². The van der Waals surface area contributed by atoms with Gasteiger partial charge < -0.3 is 15.2 Å². The van der Waals surface area contributed by atoms with Crippen molar-refractivity contribution in [1.29, 1.82) is 0 Å². The van der Waals surface area contributed by atoms with Crippen LogP contribution in [-0.2, 0) is 19.1 Å². The summed E-state index contributed by atoms with van der Waals surface area (Å²) in [4.78, 5) is 39.6. The van der Waals surface area contributed by atoms with Crippen molar-refractivity contribution in [3.05, 3.63) is 94.8 Å². The number of halogens is 2. The number of hydrogen-bond donors (Lipinski definition) is 1. The van der Waals surface area contributed by atoms with E-state index in [4.69, 9.17) is 38.4 Å². The van der Waals surface area contributed by atoms with Crippen molar-refractivity contribution in [2.24, 2.45) is 5.73 Å². The van der Waals surface area contributed by atoms with Crippen molar-refractivity contribution in [3.63, 3.8) is 0 Å². The highest BCUT2D eigenvalue weighted by Crippen LogP contribution is 2.38. The smallest absolute Gasteiger partial charge is 0.338 e. The van der Waals surface area contributed by atoms with Gasteiger partial charge in [0.25, 0.3) is 5.56 Å². The lowest BCUT2D eigenvalue weighted by Crippen LogP contribution is -2.41. The van der Waals surface area contributed by atoms with Gasteiger partial charge in [-0.25, -0.2) is 9.59 Å². The maximum Gasteiger partial charge on any atom is 0.338 e. The molecule has 2 heterocycles. The number of aromatic nitrogens is 1. The van der Waals surface area contributed by atoms with Gasteiger partial charge in [-0.1, -0.05) is 47.5 Å². The fourth-order valence-corrected chi connectivity index (χ4v) is 5.28. The van der Waals surface area contributed by atoms with E-state index in [9.17, 15) is 14.4 Å². The summed E-state index contributed by atoms with van der Waals surface area (Å²) in [5.41, 5.74) is 7.31. The molecule has 0 aliphatic carbocycles. The summed E-state index contributed by atoms with van der Waals surface area (Å²) in [6.07, 6.45) is 1.67. The Balaban J connectivity index is 2.11. The number of nitrogens with two attached hydrogens (primary N) is 1. The van der Waals surface area contributed by atoms with Crippen LogP contribution >= 0.6 is 34.5 Å². The number of thiazole rings is 1. The molecular weight excluding hydrogens is 511 g/mol. The number of ether oxygens (including phenoxy) is 2. The Kier molecular flexibility index (Phi) is 7.16. The summed E-state index contributed by atoms with van der Waals surface area (Å²) in [6, 6.07) is 13.6. The molecule has 0 saturated heterocycles. The second kappa shape index (κ2) is 10.1. The average molecular weight is 531 g/mol. The summed E-state index contributed by atoms with van der Waals surface area (Å²) in [5.74, 6) is -2.48. The highest BCUT2D eigenvalue weighted by atomic mass is 35.5. The van der Waals surface area contributed by atoms with Gasteiger partial charge in [0.1, 0.15) is 10.5 Å². The lowest BCUT2D eigenvalue weighted by Gasteiger charge is -2.26. The number of esters is 2. The van der Waals surface area contributed by atoms with E-state index in [-0.39, 0.29) is 28.2 Å². The van der Waals surface area contributed by atoms with Gasteiger partial charge >= 0.3 is 11.9 Å². The van der Waals surface area contributed by atoms with Crippen LogP contribution in [0.15, 0.2) is 58.9 Å². The maximum atomic E-state index is 13.4. The second-order valence-electron chi connectivity index (χ2n) is 7.52. The summed E-state index contributed by atoms with van der Waals surface area (Å²) in [7, 11) is 1.21. The highest BCUT2D eigenvalue weighted by Gasteiger charge is 2.39. The van der Waals surface area contributed by atoms with E-state index in [1.165, 1.54) is 7.11 Å². The van der Waals surface area contributed by atoms with Crippen LogP contribution in [0.1, 0.15) is 24.0 Å². The van der Waals surface area contributed by atoms with Gasteiger partial charge in [0.2, 0.25) is 0 Å². The largest absolute Gasteiger partial charge is 0.466 e. The number of methoxy groups -OCH3 is 1. The molecule has 1 atom stereocenters. The molecule has 1 aliphatic rings. The quantitative estimate of drug-likeness (QED) is 0.509. The first kappa shape index (κ1) is 24.8. The topological polar surface area (TPSA) is 101 Å². The molecule has 2 aromatic carbocycles. The Labute approximate surface area is 214 Å². The molecule has 0 amide bonds. The van der Waals surface area contributed by atoms with Crippen molar-refractivity contribution in [3.8, 4) is 0 Å². The van der Waals surface area contributed by atoms with Gasteiger partial charge in [0, 0.05) is 10.0 Å². The zero-order valence-corrected chi connectivity index (χ0v) is 21.0. The minimum atomic E-state index is -0.930. The molecule has 180 valence electrons. The maximum absolute atomic E-state index is 13.4. The lowest BCUT2D eigenvalue weighted by atomic mass is 9.83. The molecule has 0 fully saturated rings. The van der Waals surface area contributed by atoms with Crippen LogP contribution < -0.4 is 20.5 Å². The molecule has 0 saturated carbocycles. The molecule has 0 radical (unpaired) electrons. The Bertz CT molecular complexity index is 1520. The third kappa shape index (κ3) is 4.65. The lowest BCUT2D eigenvalue weighted by molar-refractivity contribution is -0.136. The summed E-state index contributed by atoms with van der Waals surface area (Å²) < 4.78 is 12.1. The van der Waals surface area contributed by atoms with E-state index < -0.39 is 23.4 Å². The SMILES string of the molecule is CCOC(=O)C1=c2s/c(=C\c3ccc(Cl)cc3)c(=O)n2C(N)=C(C(=O)OC)[C@@H]1c1ccc(Cl)cc1. The summed E-state index contributed by atoms with van der Waals surface area (Å²) >= 11 is 13.1. The van der Waals surface area contributed by atoms with Crippen molar-refractivity contribution in [2.75, 3.05) is 13.7 Å². The Hall–Kier alpha value is -3.33. The first-order chi connectivity index (χ1) is 16.8. The Morgan fingerprint density at radius 2 is 1.63 bits per heavy atom. The monoisotopic (exact) mass is 530 g/mol. The van der Waals surface area contributed by atoms with Gasteiger partial charge in [0.05, 0.1) is 35.3 Å². The van der Waals surface area contributed by atoms with Crippen LogP contribution in [0.2, 0.25) is 10.0 Å². The third-order valence-electron chi connectivity index (χ3n) is 5.42. The third-order valence-corrected chi connectivity index (χ3v) is 7.03. The van der Waals surface area contributed by atoms with Crippen LogP contribution in [0.5, 0.6) is 0 Å². The molecular formula is C25H20Cl2N2O5S. The minimum absolute atomic E-state index is 0.0386. The van der Waals surface area contributed by atoms with E-state index >= 15 is 0 Å². The molecule has 10 heteroatoms. The summed E-state index contributed by atoms with van der Waals surface area (Å²) in [6.45, 7) is 1.77. The molecule has 0 unspecified atom stereocenters. The number of hydrogen-bond acceptors (Lipinski definition) is 7. The molecule has 4 rings (SSSR count). The number of fused-ring (bicyclic) bond motifs is 1. The standard InChI is InChI=1S/C25H20Cl2N2O5S/c1-3-34-25(32)20-18(14-6-10-16(27)11-7-14)19(24(31)33-2)21(28)29-22(30)17(35-23(20)29)12-13-4-8-15(26)9-5-13/h4-12,18H,3,28H2,1-2H3/b17-12-/t18-/m0/s1. The molecule has 1 aliphatic heterocycles. The summed E-state index contributed by atoms with van der Waals surface area (Å²) in [5, 5.41) is 1.04. The zero-order valence-electron chi connectivity index (χ0n) is 18.7. The fraction of sp³-hybridized carbons (Fsp3) is 0.160. The Morgan fingerprint density at radius 3 is 2.20 bits per heavy atom. The molecule has 3 aromatic rings. The first-order valence-corrected chi connectivity index (χ1v) is 12.1. The van der Waals surface area contributed by atoms with Crippen molar-refractivity contribution < 1.29 is 19.1 Å². The van der Waals surface area contributed by atoms with Gasteiger partial charge in [0.15, 0.2) is 0 Å². The van der Waals surface area contributed by atoms with Crippen molar-refractivity contribution in [2.45, 2.75) is 12.8 Å². The molecule has 0 spiro atoms. The normalized spacial score (nSPS) is 15.7. The predicted molar refractivity (Wildman–Crippen MR) is 137 cm³/mol. The van der Waals surface area contributed by atoms with Gasteiger partial charge in [-0.3, -0.25) is 9.36 Å². The molecule has 1 aromatic heterocycles. The van der Waals surface area contributed by atoms with E-state index in [2.05, 4.69) is 0 Å². The molecule has 2 N–H and O–H groups in total. The number of nitrogens with zero attached hydrogens (tertiary/aromatic N) is 1. The zero-order chi connectivity index (χ0) is 25.3. The van der Waals surface area contributed by atoms with Crippen LogP contribution in [0, 0.1) is 0 Å². The first-order valence-electron chi connectivity index (χ1n) is 10.5. The molecule has 0 bridgehead atoms. The molecule has 35 heavy (non-hydrogen) atoms. The number of benzene rings is 2. The van der Waals surface area contributed by atoms with Crippen LogP contribution in [0.4, 0.5) is 0 Å². The van der Waals surface area contributed by atoms with Crippen LogP contribution in [-0.4, -0.2) is 30.2 Å². The average Bonchev–Trinajstić information content (AvgIpc) is 3.16. The van der Waals surface area contributed by atoms with E-state index in [0.29, 0.717) is 20.1 Å². The van der Waals surface area contributed by atoms with Crippen molar-refractivity contribution in [1.82, 2.24) is 4.57 Å². The predicted octanol–water partition coefficient (Wildman–Crippen LogP) is 2.86. The van der Waals surface area contributed by atoms with E-state index in [1.807, 2.05) is 0 Å². The highest BCUT2D eigenvalue weighted by molar-refractivity contribution is 7.07. The minimum Gasteiger partial charge on any atom is -0.466 e. The van der Waals surface area contributed by atoms with E-state index in [0.717, 1.165) is 21.5 Å². The van der Waals surface area contributed by atoms with Crippen LogP contribution in [0.25, 0.3) is 17.5 Å². The van der Waals surface area contributed by atoms with E-state index in [1.54, 1.807) is 61.5 Å². The second-order valence-corrected chi connectivity index (χ2v) is 9.42. The number of carbonyl (C=O) groups is 2. The number of rotatable bonds is 5. The van der Waals surface area contributed by atoms with Crippen molar-refractivity contribution >= 4 is 63.9 Å². The van der Waals surface area contributed by atoms with Gasteiger partial charge in [-0.15, -0.1) is 11.3 Å². The van der Waals surface area contributed by atoms with Gasteiger partial charge in [-0.2, -0.15) is 0 Å². The fourth-order valence-electron chi connectivity index (χ4n) is 3.86. The number of carbonyl (C=O) groups excluding carboxylic acids is 2. The molecule has 7 nitrogen and oxygen atoms in total. The van der Waals surface area contributed by atoms with Crippen LogP contribution in [0.3, 0.4) is 0 Å².